The topological polar surface area (TPSA) is 106 Å². The van der Waals surface area contributed by atoms with Crippen molar-refractivity contribution in [3.63, 3.8) is 0 Å². The average Bonchev–Trinajstić information content (AvgIpc) is 2.61. The van der Waals surface area contributed by atoms with E-state index in [9.17, 15) is 20.1 Å². The summed E-state index contributed by atoms with van der Waals surface area (Å²) in [5, 5.41) is 25.0. The van der Waals surface area contributed by atoms with Gasteiger partial charge in [0.2, 0.25) is 11.8 Å². The summed E-state index contributed by atoms with van der Waals surface area (Å²) in [4.78, 5) is 24.2. The third-order valence-corrected chi connectivity index (χ3v) is 5.58. The van der Waals surface area contributed by atoms with Crippen molar-refractivity contribution in [1.29, 1.82) is 10.5 Å². The molecule has 0 spiro atoms. The standard InChI is InChI=1S/C19H19ClN4O2S/c1-19(2)14(9-21)17(26)24-18(15(19)10-22)27-11-16(25)23-8-7-12-3-5-13(20)6-4-12/h3-6,14H,7-8,11H2,1-2H3,(H,23,25)(H,24,26)/t14-/m1/s1. The summed E-state index contributed by atoms with van der Waals surface area (Å²) < 4.78 is 0. The van der Waals surface area contributed by atoms with Gasteiger partial charge >= 0.3 is 0 Å². The van der Waals surface area contributed by atoms with Gasteiger partial charge in [0.25, 0.3) is 0 Å². The van der Waals surface area contributed by atoms with Gasteiger partial charge in [-0.3, -0.25) is 9.59 Å². The van der Waals surface area contributed by atoms with E-state index in [1.54, 1.807) is 26.0 Å². The van der Waals surface area contributed by atoms with Crippen molar-refractivity contribution in [1.82, 2.24) is 10.6 Å². The highest BCUT2D eigenvalue weighted by molar-refractivity contribution is 8.03. The van der Waals surface area contributed by atoms with Crippen LogP contribution in [-0.2, 0) is 16.0 Å². The number of benzene rings is 1. The molecule has 0 saturated carbocycles. The number of halogens is 1. The number of nitrogens with zero attached hydrogens (tertiary/aromatic N) is 2. The number of thioether (sulfide) groups is 1. The van der Waals surface area contributed by atoms with Crippen LogP contribution in [0.25, 0.3) is 0 Å². The maximum Gasteiger partial charge on any atom is 0.243 e. The van der Waals surface area contributed by atoms with Gasteiger partial charge in [-0.15, -0.1) is 0 Å². The van der Waals surface area contributed by atoms with Crippen LogP contribution in [0, 0.1) is 34.0 Å². The molecule has 1 aromatic rings. The minimum Gasteiger partial charge on any atom is -0.355 e. The zero-order valence-electron chi connectivity index (χ0n) is 15.0. The number of nitrogens with one attached hydrogen (secondary N) is 2. The Morgan fingerprint density at radius 2 is 2.00 bits per heavy atom. The highest BCUT2D eigenvalue weighted by Gasteiger charge is 2.44. The Morgan fingerprint density at radius 1 is 1.33 bits per heavy atom. The molecular weight excluding hydrogens is 384 g/mol. The maximum atomic E-state index is 12.1. The molecule has 0 unspecified atom stereocenters. The predicted molar refractivity (Wildman–Crippen MR) is 104 cm³/mol. The van der Waals surface area contributed by atoms with Gasteiger partial charge in [-0.25, -0.2) is 0 Å². The van der Waals surface area contributed by atoms with Crippen LogP contribution in [0.4, 0.5) is 0 Å². The number of nitriles is 2. The first-order valence-electron chi connectivity index (χ1n) is 8.29. The molecule has 2 N–H and O–H groups in total. The smallest absolute Gasteiger partial charge is 0.243 e. The van der Waals surface area contributed by atoms with E-state index in [1.165, 1.54) is 0 Å². The quantitative estimate of drug-likeness (QED) is 0.760. The fourth-order valence-corrected chi connectivity index (χ4v) is 3.85. The normalized spacial score (nSPS) is 18.3. The highest BCUT2D eigenvalue weighted by Crippen LogP contribution is 2.41. The van der Waals surface area contributed by atoms with Crippen molar-refractivity contribution in [2.75, 3.05) is 12.3 Å². The van der Waals surface area contributed by atoms with Crippen molar-refractivity contribution < 1.29 is 9.59 Å². The first-order chi connectivity index (χ1) is 12.8. The Bertz CT molecular complexity index is 850. The zero-order valence-corrected chi connectivity index (χ0v) is 16.6. The Morgan fingerprint density at radius 3 is 2.59 bits per heavy atom. The summed E-state index contributed by atoms with van der Waals surface area (Å²) in [6.07, 6.45) is 0.674. The van der Waals surface area contributed by atoms with Gasteiger partial charge in [0, 0.05) is 17.0 Å². The van der Waals surface area contributed by atoms with Gasteiger partial charge in [-0.1, -0.05) is 49.3 Å². The van der Waals surface area contributed by atoms with Crippen molar-refractivity contribution in [3.05, 3.63) is 45.5 Å². The lowest BCUT2D eigenvalue weighted by molar-refractivity contribution is -0.125. The zero-order chi connectivity index (χ0) is 20.0. The van der Waals surface area contributed by atoms with E-state index in [0.717, 1.165) is 17.3 Å². The Hall–Kier alpha value is -2.48. The number of carbonyl (C=O) groups is 2. The van der Waals surface area contributed by atoms with Gasteiger partial charge in [-0.05, 0) is 24.1 Å². The monoisotopic (exact) mass is 402 g/mol. The molecule has 2 amide bonds. The summed E-state index contributed by atoms with van der Waals surface area (Å²) in [6, 6.07) is 11.4. The number of carbonyl (C=O) groups excluding carboxylic acids is 2. The van der Waals surface area contributed by atoms with E-state index >= 15 is 0 Å². The van der Waals surface area contributed by atoms with Crippen molar-refractivity contribution in [3.8, 4) is 12.1 Å². The first kappa shape index (κ1) is 20.8. The second-order valence-electron chi connectivity index (χ2n) is 6.60. The van der Waals surface area contributed by atoms with Gasteiger partial charge in [0.15, 0.2) is 0 Å². The fraction of sp³-hybridized carbons (Fsp3) is 0.368. The second kappa shape index (κ2) is 8.94. The van der Waals surface area contributed by atoms with Crippen molar-refractivity contribution in [2.24, 2.45) is 11.3 Å². The molecule has 0 fully saturated rings. The SMILES string of the molecule is CC1(C)C(C#N)=C(SCC(=O)NCCc2ccc(Cl)cc2)NC(=O)[C@H]1C#N. The lowest BCUT2D eigenvalue weighted by Crippen LogP contribution is -2.44. The molecule has 1 heterocycles. The summed E-state index contributed by atoms with van der Waals surface area (Å²) in [5.41, 5.74) is 0.470. The summed E-state index contributed by atoms with van der Waals surface area (Å²) in [6.45, 7) is 3.84. The Balaban J connectivity index is 1.92. The van der Waals surface area contributed by atoms with Crippen LogP contribution in [0.1, 0.15) is 19.4 Å². The Kier molecular flexibility index (Phi) is 6.90. The van der Waals surface area contributed by atoms with Gasteiger partial charge in [0.05, 0.1) is 28.5 Å². The summed E-state index contributed by atoms with van der Waals surface area (Å²) in [5.74, 6) is -1.53. The van der Waals surface area contributed by atoms with Crippen LogP contribution in [-0.4, -0.2) is 24.1 Å². The molecule has 0 bridgehead atoms. The van der Waals surface area contributed by atoms with Crippen LogP contribution in [0.5, 0.6) is 0 Å². The minimum absolute atomic E-state index is 0.0642. The van der Waals surface area contributed by atoms with Gasteiger partial charge < -0.3 is 10.6 Å². The molecule has 1 aliphatic rings. The molecule has 2 rings (SSSR count). The first-order valence-corrected chi connectivity index (χ1v) is 9.65. The van der Waals surface area contributed by atoms with Gasteiger partial charge in [0.1, 0.15) is 5.92 Å². The van der Waals surface area contributed by atoms with E-state index in [0.29, 0.717) is 28.6 Å². The third kappa shape index (κ3) is 5.03. The molecule has 1 aromatic carbocycles. The molecule has 1 atom stereocenters. The van der Waals surface area contributed by atoms with Crippen molar-refractivity contribution in [2.45, 2.75) is 20.3 Å². The summed E-state index contributed by atoms with van der Waals surface area (Å²) in [7, 11) is 0. The van der Waals surface area contributed by atoms with E-state index in [4.69, 9.17) is 11.6 Å². The van der Waals surface area contributed by atoms with Crippen LogP contribution in [0.2, 0.25) is 5.02 Å². The van der Waals surface area contributed by atoms with Crippen molar-refractivity contribution >= 4 is 35.2 Å². The molecule has 0 saturated heterocycles. The highest BCUT2D eigenvalue weighted by atomic mass is 35.5. The molecule has 1 aliphatic heterocycles. The number of hydrogen-bond donors (Lipinski definition) is 2. The maximum absolute atomic E-state index is 12.1. The second-order valence-corrected chi connectivity index (χ2v) is 8.03. The van der Waals surface area contributed by atoms with E-state index in [1.807, 2.05) is 18.2 Å². The van der Waals surface area contributed by atoms with E-state index in [-0.39, 0.29) is 11.7 Å². The van der Waals surface area contributed by atoms with Gasteiger partial charge in [-0.2, -0.15) is 10.5 Å². The van der Waals surface area contributed by atoms with Crippen LogP contribution in [0.15, 0.2) is 34.9 Å². The number of allylic oxidation sites excluding steroid dienone is 1. The molecule has 0 aliphatic carbocycles. The molecule has 0 aromatic heterocycles. The number of rotatable bonds is 6. The van der Waals surface area contributed by atoms with Crippen LogP contribution in [0.3, 0.4) is 0 Å². The molecule has 140 valence electrons. The molecule has 6 nitrogen and oxygen atoms in total. The average molecular weight is 403 g/mol. The minimum atomic E-state index is -0.940. The molecule has 8 heteroatoms. The number of hydrogen-bond acceptors (Lipinski definition) is 5. The van der Waals surface area contributed by atoms with Crippen LogP contribution >= 0.6 is 23.4 Å². The number of amides is 2. The summed E-state index contributed by atoms with van der Waals surface area (Å²) >= 11 is 6.93. The predicted octanol–water partition coefficient (Wildman–Crippen LogP) is 2.76. The molecular formula is C19H19ClN4O2S. The third-order valence-electron chi connectivity index (χ3n) is 4.33. The fourth-order valence-electron chi connectivity index (χ4n) is 2.72. The van der Waals surface area contributed by atoms with E-state index < -0.39 is 17.2 Å². The molecule has 27 heavy (non-hydrogen) atoms. The largest absolute Gasteiger partial charge is 0.355 e. The molecule has 0 radical (unpaired) electrons. The van der Waals surface area contributed by atoms with Crippen LogP contribution < -0.4 is 10.6 Å². The lowest BCUT2D eigenvalue weighted by Gasteiger charge is -2.34. The Labute approximate surface area is 167 Å². The van der Waals surface area contributed by atoms with E-state index in [2.05, 4.69) is 16.7 Å². The lowest BCUT2D eigenvalue weighted by atomic mass is 9.72.